The normalized spacial score (nSPS) is 16.4. The quantitative estimate of drug-likeness (QED) is 0.130. The maximum atomic E-state index is 14.0. The lowest BCUT2D eigenvalue weighted by molar-refractivity contribution is -0.145. The first-order valence-electron chi connectivity index (χ1n) is 15.5. The molecule has 2 aromatic rings. The number of likely N-dealkylation sites (tertiary alicyclic amines) is 1. The smallest absolute Gasteiger partial charge is 0.408 e. The van der Waals surface area contributed by atoms with E-state index < -0.39 is 71.8 Å². The van der Waals surface area contributed by atoms with Crippen molar-refractivity contribution in [1.82, 2.24) is 41.5 Å². The molecule has 4 amide bonds. The standard InChI is InChI=1S/C31H42N8O9/c1-5-47-25(42)14-13-20(16-23-35-37-38-36-23)32-28(44)22-12-9-15-39(22)29(45)26(31(2,3)4)34-27(43)21(17-24(40)41)33-30(46)48-18-19-10-7-6-8-11-19/h6-8,10-11,13-14,20-22,26H,5,9,12,15-18H2,1-4H3,(H,32,44)(H,33,46)(H,34,43)(H,40,41)(H,35,36,37,38)/b14-13+/t20-,21+,22-,26+/m1/s1. The molecule has 1 aromatic heterocycles. The second-order valence-corrected chi connectivity index (χ2v) is 12.1. The largest absolute Gasteiger partial charge is 0.481 e. The topological polar surface area (TPSA) is 235 Å². The number of benzene rings is 1. The summed E-state index contributed by atoms with van der Waals surface area (Å²) in [5, 5.41) is 30.6. The van der Waals surface area contributed by atoms with E-state index in [1.165, 1.54) is 17.1 Å². The molecule has 17 nitrogen and oxygen atoms in total. The lowest BCUT2D eigenvalue weighted by Gasteiger charge is -2.36. The molecule has 0 unspecified atom stereocenters. The predicted molar refractivity (Wildman–Crippen MR) is 168 cm³/mol. The van der Waals surface area contributed by atoms with Crippen LogP contribution < -0.4 is 16.0 Å². The Morgan fingerprint density at radius 2 is 1.81 bits per heavy atom. The van der Waals surface area contributed by atoms with Crippen LogP contribution in [0.5, 0.6) is 0 Å². The van der Waals surface area contributed by atoms with Crippen molar-refractivity contribution in [3.05, 3.63) is 53.9 Å². The van der Waals surface area contributed by atoms with Crippen molar-refractivity contribution < 1.29 is 43.3 Å². The lowest BCUT2D eigenvalue weighted by atomic mass is 9.85. The van der Waals surface area contributed by atoms with E-state index in [1.807, 2.05) is 0 Å². The number of aromatic amines is 1. The molecule has 0 bridgehead atoms. The van der Waals surface area contributed by atoms with Crippen molar-refractivity contribution in [2.24, 2.45) is 5.41 Å². The summed E-state index contributed by atoms with van der Waals surface area (Å²) in [6.07, 6.45) is 1.79. The number of amides is 4. The first kappa shape index (κ1) is 37.1. The van der Waals surface area contributed by atoms with Gasteiger partial charge in [0.25, 0.3) is 0 Å². The summed E-state index contributed by atoms with van der Waals surface area (Å²) in [7, 11) is 0. The molecule has 4 atom stereocenters. The molecule has 0 radical (unpaired) electrons. The van der Waals surface area contributed by atoms with E-state index in [0.29, 0.717) is 24.2 Å². The molecule has 1 aliphatic rings. The molecule has 1 saturated heterocycles. The third-order valence-electron chi connectivity index (χ3n) is 7.32. The number of H-pyrrole nitrogens is 1. The van der Waals surface area contributed by atoms with Gasteiger partial charge in [0.2, 0.25) is 17.7 Å². The third kappa shape index (κ3) is 11.5. The van der Waals surface area contributed by atoms with E-state index in [4.69, 9.17) is 9.47 Å². The molecule has 1 fully saturated rings. The Hall–Kier alpha value is -5.35. The SMILES string of the molecule is CCOC(=O)/C=C/[C@H](Cc1nnn[nH]1)NC(=O)[C@H]1CCCN1C(=O)[C@H](NC(=O)[C@H](CC(=O)O)NC(=O)OCc1ccccc1)C(C)(C)C. The number of ether oxygens (including phenoxy) is 2. The van der Waals surface area contributed by atoms with Crippen molar-refractivity contribution in [3.63, 3.8) is 0 Å². The number of esters is 1. The van der Waals surface area contributed by atoms with Crippen LogP contribution in [-0.2, 0) is 46.5 Å². The van der Waals surface area contributed by atoms with E-state index in [9.17, 15) is 33.9 Å². The summed E-state index contributed by atoms with van der Waals surface area (Å²) in [6, 6.07) is 4.37. The van der Waals surface area contributed by atoms with E-state index in [1.54, 1.807) is 58.0 Å². The molecule has 0 spiro atoms. The highest BCUT2D eigenvalue weighted by Gasteiger charge is 2.43. The van der Waals surface area contributed by atoms with Gasteiger partial charge in [0.05, 0.1) is 19.1 Å². The van der Waals surface area contributed by atoms with Gasteiger partial charge in [0, 0.05) is 19.0 Å². The van der Waals surface area contributed by atoms with Crippen LogP contribution in [0.25, 0.3) is 0 Å². The number of nitrogens with one attached hydrogen (secondary N) is 4. The van der Waals surface area contributed by atoms with Gasteiger partial charge in [-0.3, -0.25) is 19.2 Å². The van der Waals surface area contributed by atoms with Crippen molar-refractivity contribution in [2.45, 2.75) is 84.2 Å². The van der Waals surface area contributed by atoms with Crippen LogP contribution >= 0.6 is 0 Å². The number of hydrogen-bond acceptors (Lipinski definition) is 11. The van der Waals surface area contributed by atoms with Gasteiger partial charge >= 0.3 is 18.0 Å². The maximum Gasteiger partial charge on any atom is 0.408 e. The number of tetrazole rings is 1. The number of carbonyl (C=O) groups excluding carboxylic acids is 5. The fourth-order valence-corrected chi connectivity index (χ4v) is 4.96. The second-order valence-electron chi connectivity index (χ2n) is 12.1. The van der Waals surface area contributed by atoms with Crippen LogP contribution in [-0.4, -0.2) is 104 Å². The first-order chi connectivity index (χ1) is 22.8. The van der Waals surface area contributed by atoms with Crippen LogP contribution in [0.4, 0.5) is 4.79 Å². The summed E-state index contributed by atoms with van der Waals surface area (Å²) >= 11 is 0. The van der Waals surface area contributed by atoms with Crippen molar-refractivity contribution in [3.8, 4) is 0 Å². The third-order valence-corrected chi connectivity index (χ3v) is 7.32. The Bertz CT molecular complexity index is 1440. The van der Waals surface area contributed by atoms with Gasteiger partial charge in [-0.1, -0.05) is 57.2 Å². The van der Waals surface area contributed by atoms with Crippen LogP contribution in [0, 0.1) is 5.41 Å². The molecule has 1 aliphatic heterocycles. The Morgan fingerprint density at radius 3 is 2.44 bits per heavy atom. The number of aromatic nitrogens is 4. The predicted octanol–water partition coefficient (Wildman–Crippen LogP) is 0.638. The molecule has 260 valence electrons. The molecule has 17 heteroatoms. The van der Waals surface area contributed by atoms with E-state index in [0.717, 1.165) is 0 Å². The molecule has 5 N–H and O–H groups in total. The molecular formula is C31H42N8O9. The average molecular weight is 671 g/mol. The van der Waals surface area contributed by atoms with Crippen LogP contribution in [0.2, 0.25) is 0 Å². The number of carboxylic acids is 1. The summed E-state index contributed by atoms with van der Waals surface area (Å²) in [5.41, 5.74) is -0.201. The summed E-state index contributed by atoms with van der Waals surface area (Å²) < 4.78 is 10.1. The molecule has 0 aliphatic carbocycles. The fraction of sp³-hybridized carbons (Fsp3) is 0.516. The Kier molecular flexibility index (Phi) is 13.6. The minimum atomic E-state index is -1.56. The maximum absolute atomic E-state index is 14.0. The molecule has 3 rings (SSSR count). The van der Waals surface area contributed by atoms with E-state index in [2.05, 4.69) is 36.6 Å². The Morgan fingerprint density at radius 1 is 1.08 bits per heavy atom. The summed E-state index contributed by atoms with van der Waals surface area (Å²) in [6.45, 7) is 7.06. The minimum Gasteiger partial charge on any atom is -0.481 e. The zero-order chi connectivity index (χ0) is 35.3. The van der Waals surface area contributed by atoms with Crippen molar-refractivity contribution in [1.29, 1.82) is 0 Å². The number of aliphatic carboxylic acids is 1. The second kappa shape index (κ2) is 17.5. The molecule has 2 heterocycles. The van der Waals surface area contributed by atoms with Gasteiger partial charge in [-0.15, -0.1) is 5.10 Å². The van der Waals surface area contributed by atoms with Gasteiger partial charge < -0.3 is 35.4 Å². The van der Waals surface area contributed by atoms with E-state index in [-0.39, 0.29) is 26.2 Å². The van der Waals surface area contributed by atoms with E-state index >= 15 is 0 Å². The minimum absolute atomic E-state index is 0.107. The molecule has 48 heavy (non-hydrogen) atoms. The summed E-state index contributed by atoms with van der Waals surface area (Å²) in [5.74, 6) is -3.59. The van der Waals surface area contributed by atoms with Crippen molar-refractivity contribution >= 4 is 35.8 Å². The molecule has 1 aromatic carbocycles. The Labute approximate surface area is 277 Å². The van der Waals surface area contributed by atoms with Gasteiger partial charge in [0.1, 0.15) is 24.7 Å². The van der Waals surface area contributed by atoms with Crippen LogP contribution in [0.1, 0.15) is 58.3 Å². The number of carboxylic acid groups (broad SMARTS) is 1. The summed E-state index contributed by atoms with van der Waals surface area (Å²) in [4.78, 5) is 78.3. The van der Waals surface area contributed by atoms with Gasteiger partial charge in [-0.05, 0) is 41.2 Å². The lowest BCUT2D eigenvalue weighted by Crippen LogP contribution is -2.60. The zero-order valence-electron chi connectivity index (χ0n) is 27.3. The number of rotatable bonds is 15. The Balaban J connectivity index is 1.73. The number of carbonyl (C=O) groups is 6. The highest BCUT2D eigenvalue weighted by Crippen LogP contribution is 2.26. The van der Waals surface area contributed by atoms with Crippen molar-refractivity contribution in [2.75, 3.05) is 13.2 Å². The monoisotopic (exact) mass is 670 g/mol. The van der Waals surface area contributed by atoms with Gasteiger partial charge in [-0.2, -0.15) is 0 Å². The van der Waals surface area contributed by atoms with Crippen LogP contribution in [0.15, 0.2) is 42.5 Å². The first-order valence-corrected chi connectivity index (χ1v) is 15.5. The van der Waals surface area contributed by atoms with Gasteiger partial charge in [-0.25, -0.2) is 14.7 Å². The number of nitrogens with zero attached hydrogens (tertiary/aromatic N) is 4. The number of alkyl carbamates (subject to hydrolysis) is 1. The van der Waals surface area contributed by atoms with Gasteiger partial charge in [0.15, 0.2) is 5.82 Å². The average Bonchev–Trinajstić information content (AvgIpc) is 3.73. The highest BCUT2D eigenvalue weighted by molar-refractivity contribution is 5.95. The highest BCUT2D eigenvalue weighted by atomic mass is 16.5. The molecule has 0 saturated carbocycles. The molecular weight excluding hydrogens is 628 g/mol. The van der Waals surface area contributed by atoms with Crippen LogP contribution in [0.3, 0.4) is 0 Å². The number of hydrogen-bond donors (Lipinski definition) is 5. The fourth-order valence-electron chi connectivity index (χ4n) is 4.96. The zero-order valence-corrected chi connectivity index (χ0v) is 27.3.